The summed E-state index contributed by atoms with van der Waals surface area (Å²) in [4.78, 5) is 97.8. The fourth-order valence-electron chi connectivity index (χ4n) is 13.4. The molecule has 10 rings (SSSR count). The van der Waals surface area contributed by atoms with Crippen molar-refractivity contribution in [3.63, 3.8) is 0 Å². The third kappa shape index (κ3) is 19.9. The molecule has 109 heavy (non-hydrogen) atoms. The molecule has 1 aromatic heterocycles. The number of nitrogens with zero attached hydrogens (tertiary/aromatic N) is 9. The number of sulfone groups is 1. The van der Waals surface area contributed by atoms with Crippen LogP contribution in [0.2, 0.25) is 0 Å². The van der Waals surface area contributed by atoms with Crippen molar-refractivity contribution >= 4 is 77.5 Å². The number of unbranched alkanes of at least 4 members (excludes halogenated alkanes) is 2. The second kappa shape index (κ2) is 36.9. The van der Waals surface area contributed by atoms with Crippen molar-refractivity contribution < 1.29 is 60.0 Å². The smallest absolute Gasteiger partial charge is 0.269 e. The highest BCUT2D eigenvalue weighted by Gasteiger charge is 2.33. The molecule has 1 unspecified atom stereocenters. The normalized spacial score (nSPS) is 13.4. The van der Waals surface area contributed by atoms with Gasteiger partial charge in [0.2, 0.25) is 48.8 Å². The fraction of sp³-hybridized carbons (Fsp3) is 0.370. The van der Waals surface area contributed by atoms with Crippen LogP contribution in [0.4, 0.5) is 11.4 Å². The minimum atomic E-state index is -4.33. The van der Waals surface area contributed by atoms with Crippen LogP contribution in [-0.4, -0.2) is 175 Å². The molecule has 2 aliphatic heterocycles. The number of aromatic nitrogens is 3. The van der Waals surface area contributed by atoms with Gasteiger partial charge in [-0.05, 0) is 125 Å². The zero-order valence-corrected chi connectivity index (χ0v) is 64.1. The fourth-order valence-corrected chi connectivity index (χ4v) is 16.3. The summed E-state index contributed by atoms with van der Waals surface area (Å²) in [7, 11) is -8.50. The molecule has 3 atom stereocenters. The number of hydrogen-bond acceptors (Lipinski definition) is 17. The lowest BCUT2D eigenvalue weighted by atomic mass is 9.90. The van der Waals surface area contributed by atoms with Crippen molar-refractivity contribution in [3.8, 4) is 22.5 Å². The molecule has 28 heteroatoms. The molecule has 4 N–H and O–H groups in total. The van der Waals surface area contributed by atoms with E-state index < -0.39 is 61.3 Å². The van der Waals surface area contributed by atoms with Gasteiger partial charge in [-0.1, -0.05) is 98.3 Å². The summed E-state index contributed by atoms with van der Waals surface area (Å²) < 4.78 is 66.5. The number of anilines is 1. The Morgan fingerprint density at radius 3 is 1.96 bits per heavy atom. The number of non-ortho nitro benzene ring substituents is 1. The topological polar surface area (TPSA) is 330 Å². The first-order valence-electron chi connectivity index (χ1n) is 37.0. The van der Waals surface area contributed by atoms with Gasteiger partial charge in [-0.25, -0.2) is 26.1 Å². The van der Waals surface area contributed by atoms with Gasteiger partial charge in [0, 0.05) is 148 Å². The maximum atomic E-state index is 14.7. The van der Waals surface area contributed by atoms with Crippen LogP contribution >= 0.6 is 0 Å². The van der Waals surface area contributed by atoms with Crippen LogP contribution in [0.15, 0.2) is 189 Å². The number of hydrogen-bond donors (Lipinski definition) is 4. The van der Waals surface area contributed by atoms with E-state index in [0.717, 1.165) is 112 Å². The number of ketones is 1. The number of benzene rings is 7. The number of rotatable bonds is 35. The second-order valence-electron chi connectivity index (χ2n) is 27.4. The summed E-state index contributed by atoms with van der Waals surface area (Å²) in [5.74, 6) is -1.24. The van der Waals surface area contributed by atoms with E-state index in [4.69, 9.17) is 4.42 Å². The summed E-state index contributed by atoms with van der Waals surface area (Å²) in [5.41, 5.74) is 6.46. The maximum Gasteiger partial charge on any atom is 0.269 e. The van der Waals surface area contributed by atoms with Crippen molar-refractivity contribution in [1.82, 2.24) is 49.6 Å². The summed E-state index contributed by atoms with van der Waals surface area (Å²) in [6.07, 6.45) is 1.75. The molecule has 3 aliphatic rings. The van der Waals surface area contributed by atoms with Crippen molar-refractivity contribution in [3.05, 3.63) is 213 Å². The number of piperazine rings is 1. The number of sulfonamides is 1. The highest BCUT2D eigenvalue weighted by atomic mass is 32.2. The van der Waals surface area contributed by atoms with Crippen LogP contribution in [-0.2, 0) is 52.0 Å². The average Bonchev–Trinajstić information content (AvgIpc) is 0.841. The van der Waals surface area contributed by atoms with Gasteiger partial charge in [-0.2, -0.15) is 4.31 Å². The summed E-state index contributed by atoms with van der Waals surface area (Å²) >= 11 is 0. The van der Waals surface area contributed by atoms with E-state index in [2.05, 4.69) is 99.8 Å². The van der Waals surface area contributed by atoms with E-state index in [1.54, 1.807) is 79.1 Å². The Labute approximate surface area is 635 Å². The number of aliphatic hydroxyl groups excluding tert-OH is 1. The van der Waals surface area contributed by atoms with E-state index in [1.165, 1.54) is 10.9 Å². The minimum absolute atomic E-state index is 0.00496. The number of amides is 5. The number of carbonyl (C=O) groups is 6. The first-order chi connectivity index (χ1) is 52.3. The molecular weight excluding hydrogens is 1430 g/mol. The van der Waals surface area contributed by atoms with Gasteiger partial charge in [-0.15, -0.1) is 5.10 Å². The van der Waals surface area contributed by atoms with Crippen molar-refractivity contribution in [1.29, 1.82) is 0 Å². The van der Waals surface area contributed by atoms with Gasteiger partial charge in [-0.3, -0.25) is 38.9 Å². The van der Waals surface area contributed by atoms with Gasteiger partial charge in [0.15, 0.2) is 5.78 Å². The molecule has 0 radical (unpaired) electrons. The predicted molar refractivity (Wildman–Crippen MR) is 415 cm³/mol. The molecule has 6 aromatic carbocycles. The van der Waals surface area contributed by atoms with Gasteiger partial charge in [0.1, 0.15) is 36.2 Å². The molecular formula is C81H95N12O14S2+. The van der Waals surface area contributed by atoms with Crippen LogP contribution in [0.5, 0.6) is 0 Å². The SMILES string of the molecule is CCN(CC)c1ccc2c(-c3ccccc3C(=O)N3CCN(C(=O)CCC(=O)NCCCCCC(=O)N[C@@H](Cc4ccc(C(=O)c5ccccc5)cc4)C(=O)NCc4cn([C@@H](C)C(O)CN(CC(C)C)S(=O)(=O)c5ccc(S(=O)(=O)c6ccc([N+](=O)[O-])cc6)cc5)nn4)CC3)c3ccc(=[N+](CC)CC)cc-3oc2c1. The quantitative estimate of drug-likeness (QED) is 0.00717. The Morgan fingerprint density at radius 2 is 1.30 bits per heavy atom. The monoisotopic (exact) mass is 1520 g/mol. The van der Waals surface area contributed by atoms with Gasteiger partial charge >= 0.3 is 0 Å². The lowest BCUT2D eigenvalue weighted by Crippen LogP contribution is -2.50. The first-order valence-corrected chi connectivity index (χ1v) is 39.9. The number of fused-ring (bicyclic) bond motifs is 2. The average molecular weight is 1520 g/mol. The molecule has 1 fully saturated rings. The van der Waals surface area contributed by atoms with Gasteiger partial charge in [0.25, 0.3) is 11.6 Å². The molecule has 1 saturated heterocycles. The zero-order valence-electron chi connectivity index (χ0n) is 62.5. The molecule has 574 valence electrons. The van der Waals surface area contributed by atoms with Gasteiger partial charge in [0.05, 0.1) is 50.6 Å². The van der Waals surface area contributed by atoms with E-state index in [9.17, 15) is 60.8 Å². The first kappa shape index (κ1) is 80.7. The molecule has 0 saturated carbocycles. The van der Waals surface area contributed by atoms with Crippen LogP contribution in [0.1, 0.15) is 131 Å². The van der Waals surface area contributed by atoms with E-state index in [0.29, 0.717) is 85.6 Å². The van der Waals surface area contributed by atoms with Crippen LogP contribution < -0.4 is 30.8 Å². The number of carbonyl (C=O) groups excluding carboxylic acids is 6. The Kier molecular flexibility index (Phi) is 27.3. The second-order valence-corrected chi connectivity index (χ2v) is 31.3. The molecule has 0 bridgehead atoms. The highest BCUT2D eigenvalue weighted by Crippen LogP contribution is 2.43. The minimum Gasteiger partial charge on any atom is -0.456 e. The zero-order chi connectivity index (χ0) is 78.1. The lowest BCUT2D eigenvalue weighted by Gasteiger charge is -2.35. The Morgan fingerprint density at radius 1 is 0.661 bits per heavy atom. The standard InChI is InChI=1S/C81H94N12O14S2/c1-8-87(9-2)62-31-39-69-73(49-62)107-74-50-63(88(10-3)11-4)32-40-70(74)78(69)67-22-17-18-23-68(67)81(100)90-46-44-89(45-47-90)77(97)42-41-75(95)82-43-19-13-16-24-76(96)84-71(48-57-25-27-59(28-26-57)79(98)58-20-14-12-15-21-58)80(99)83-51-60-53-92(86-85-60)56(7)72(94)54-91(52-55(5)6)109(105,106)66-37-35-65(36-38-66)108(103,104)64-33-29-61(30-34-64)93(101)102/h12,14-15,17-18,20-23,25-40,49-50,53,55-56,71-72,94H,8-11,13,16,19,24,41-48,51-52,54H2,1-7H3,(H2-,82,83,84,95,96,99)/p+1/t56-,71-,72?/m0/s1. The lowest BCUT2D eigenvalue weighted by molar-refractivity contribution is -0.384. The van der Waals surface area contributed by atoms with Crippen LogP contribution in [0.3, 0.4) is 0 Å². The molecule has 1 aliphatic carbocycles. The van der Waals surface area contributed by atoms with Gasteiger partial charge < -0.3 is 40.2 Å². The third-order valence-electron chi connectivity index (χ3n) is 19.7. The number of aliphatic hydroxyl groups is 1. The Bertz CT molecular complexity index is 5000. The van der Waals surface area contributed by atoms with Crippen molar-refractivity contribution in [2.24, 2.45) is 5.92 Å². The van der Waals surface area contributed by atoms with Crippen LogP contribution in [0, 0.1) is 16.0 Å². The largest absolute Gasteiger partial charge is 0.456 e. The summed E-state index contributed by atoms with van der Waals surface area (Å²) in [6, 6.07) is 42.7. The van der Waals surface area contributed by atoms with Crippen molar-refractivity contribution in [2.75, 3.05) is 76.9 Å². The predicted octanol–water partition coefficient (Wildman–Crippen LogP) is 9.48. The molecule has 7 aromatic rings. The van der Waals surface area contributed by atoms with E-state index >= 15 is 0 Å². The third-order valence-corrected chi connectivity index (χ3v) is 23.3. The van der Waals surface area contributed by atoms with E-state index in [-0.39, 0.29) is 94.3 Å². The molecule has 5 amide bonds. The highest BCUT2D eigenvalue weighted by molar-refractivity contribution is 7.91. The molecule has 0 spiro atoms. The summed E-state index contributed by atoms with van der Waals surface area (Å²) in [5, 5.41) is 41.6. The van der Waals surface area contributed by atoms with Crippen molar-refractivity contribution in [2.45, 2.75) is 133 Å². The summed E-state index contributed by atoms with van der Waals surface area (Å²) in [6.45, 7) is 18.0. The molecule has 26 nitrogen and oxygen atoms in total. The number of nitrogens with one attached hydrogen (secondary N) is 3. The molecule has 3 heterocycles. The number of nitro benzene ring substituents is 1. The Balaban J connectivity index is 0.695. The maximum absolute atomic E-state index is 14.7. The Hall–Kier alpha value is -10.8. The van der Waals surface area contributed by atoms with Crippen LogP contribution in [0.25, 0.3) is 33.4 Å². The number of nitro groups is 1. The van der Waals surface area contributed by atoms with E-state index in [1.807, 2.05) is 30.3 Å².